The Labute approximate surface area is 158 Å². The van der Waals surface area contributed by atoms with Gasteiger partial charge in [-0.2, -0.15) is 13.7 Å². The molecule has 126 valence electrons. The first-order valence-corrected chi connectivity index (χ1v) is 9.50. The van der Waals surface area contributed by atoms with Gasteiger partial charge >= 0.3 is 10.1 Å². The fraction of sp³-hybridized carbons (Fsp3) is 0.133. The molecular weight excluding hydrogens is 441 g/mol. The van der Waals surface area contributed by atoms with Crippen LogP contribution in [0.3, 0.4) is 0 Å². The molecule has 0 N–H and O–H groups in total. The molecule has 0 saturated heterocycles. The van der Waals surface area contributed by atoms with Crippen LogP contribution < -0.4 is 8.92 Å². The summed E-state index contributed by atoms with van der Waals surface area (Å²) in [6, 6.07) is 8.95. The second kappa shape index (κ2) is 7.62. The lowest BCUT2D eigenvalue weighted by molar-refractivity contribution is 0.327. The maximum Gasteiger partial charge on any atom is 0.340 e. The van der Waals surface area contributed by atoms with Crippen molar-refractivity contribution in [3.63, 3.8) is 0 Å². The molecule has 2 rings (SSSR count). The summed E-state index contributed by atoms with van der Waals surface area (Å²) in [6.07, 6.45) is 0. The zero-order chi connectivity index (χ0) is 17.9. The van der Waals surface area contributed by atoms with Gasteiger partial charge in [0.2, 0.25) is 0 Å². The van der Waals surface area contributed by atoms with Crippen molar-refractivity contribution < 1.29 is 17.3 Å². The van der Waals surface area contributed by atoms with Gasteiger partial charge in [-0.05, 0) is 41.1 Å². The monoisotopic (exact) mass is 449 g/mol. The Morgan fingerprint density at radius 1 is 1.29 bits per heavy atom. The molecule has 5 nitrogen and oxygen atoms in total. The van der Waals surface area contributed by atoms with Crippen LogP contribution in [0.15, 0.2) is 39.7 Å². The second-order valence-electron chi connectivity index (χ2n) is 4.42. The van der Waals surface area contributed by atoms with Gasteiger partial charge in [0.1, 0.15) is 4.90 Å². The third-order valence-electron chi connectivity index (χ3n) is 2.82. The summed E-state index contributed by atoms with van der Waals surface area (Å²) >= 11 is 15.0. The lowest BCUT2D eigenvalue weighted by Crippen LogP contribution is -2.12. The van der Waals surface area contributed by atoms with Crippen molar-refractivity contribution in [2.75, 3.05) is 6.61 Å². The molecule has 0 aliphatic rings. The molecular formula is C15H10BrCl2NO4S. The van der Waals surface area contributed by atoms with E-state index in [0.29, 0.717) is 0 Å². The van der Waals surface area contributed by atoms with E-state index in [1.165, 1.54) is 30.3 Å². The van der Waals surface area contributed by atoms with Gasteiger partial charge in [-0.1, -0.05) is 29.3 Å². The van der Waals surface area contributed by atoms with Gasteiger partial charge in [0, 0.05) is 6.07 Å². The molecule has 2 aromatic rings. The van der Waals surface area contributed by atoms with Crippen LogP contribution in [0.1, 0.15) is 12.5 Å². The van der Waals surface area contributed by atoms with E-state index in [4.69, 9.17) is 37.4 Å². The third-order valence-corrected chi connectivity index (χ3v) is 5.60. The Kier molecular flexibility index (Phi) is 5.99. The van der Waals surface area contributed by atoms with Gasteiger partial charge < -0.3 is 8.92 Å². The van der Waals surface area contributed by atoms with E-state index in [-0.39, 0.29) is 43.1 Å². The zero-order valence-electron chi connectivity index (χ0n) is 12.2. The summed E-state index contributed by atoms with van der Waals surface area (Å²) in [6.45, 7) is 1.98. The molecule has 0 bridgehead atoms. The van der Waals surface area contributed by atoms with Gasteiger partial charge in [-0.25, -0.2) is 0 Å². The summed E-state index contributed by atoms with van der Waals surface area (Å²) in [5.74, 6) is 0.0389. The molecule has 0 atom stereocenters. The average molecular weight is 451 g/mol. The highest BCUT2D eigenvalue weighted by Gasteiger charge is 2.25. The Morgan fingerprint density at radius 3 is 2.62 bits per heavy atom. The third kappa shape index (κ3) is 3.95. The van der Waals surface area contributed by atoms with Crippen molar-refractivity contribution in [3.05, 3.63) is 50.4 Å². The largest absolute Gasteiger partial charge is 0.490 e. The smallest absolute Gasteiger partial charge is 0.340 e. The maximum atomic E-state index is 12.5. The molecule has 24 heavy (non-hydrogen) atoms. The molecule has 0 unspecified atom stereocenters. The van der Waals surface area contributed by atoms with Crippen LogP contribution in [0.5, 0.6) is 11.5 Å². The molecule has 0 aromatic heterocycles. The Bertz CT molecular complexity index is 926. The number of benzene rings is 2. The van der Waals surface area contributed by atoms with Crippen molar-refractivity contribution in [1.82, 2.24) is 0 Å². The van der Waals surface area contributed by atoms with E-state index >= 15 is 0 Å². The molecule has 0 radical (unpaired) electrons. The first-order chi connectivity index (χ1) is 11.3. The Morgan fingerprint density at radius 2 is 2.00 bits per heavy atom. The minimum absolute atomic E-state index is 0.0770. The summed E-state index contributed by atoms with van der Waals surface area (Å²) in [5, 5.41) is 8.96. The van der Waals surface area contributed by atoms with Gasteiger partial charge in [0.05, 0.1) is 32.8 Å². The molecule has 2 aromatic carbocycles. The van der Waals surface area contributed by atoms with E-state index in [1.54, 1.807) is 6.92 Å². The van der Waals surface area contributed by atoms with Crippen LogP contribution in [0, 0.1) is 11.3 Å². The maximum absolute atomic E-state index is 12.5. The van der Waals surface area contributed by atoms with E-state index in [9.17, 15) is 8.42 Å². The summed E-state index contributed by atoms with van der Waals surface area (Å²) in [7, 11) is -4.26. The number of nitriles is 1. The van der Waals surface area contributed by atoms with E-state index < -0.39 is 10.1 Å². The second-order valence-corrected chi connectivity index (χ2v) is 7.57. The van der Waals surface area contributed by atoms with Crippen LogP contribution in [-0.2, 0) is 10.1 Å². The number of rotatable bonds is 5. The first-order valence-electron chi connectivity index (χ1n) is 6.55. The van der Waals surface area contributed by atoms with E-state index in [0.717, 1.165) is 0 Å². The molecule has 0 spiro atoms. The van der Waals surface area contributed by atoms with Crippen molar-refractivity contribution in [2.24, 2.45) is 0 Å². The van der Waals surface area contributed by atoms with Crippen LogP contribution in [0.25, 0.3) is 0 Å². The Balaban J connectivity index is 2.54. The predicted molar refractivity (Wildman–Crippen MR) is 94.3 cm³/mol. The predicted octanol–water partition coefficient (Wildman–Crippen LogP) is 4.79. The summed E-state index contributed by atoms with van der Waals surface area (Å²) < 4.78 is 35.9. The number of hydrogen-bond donors (Lipinski definition) is 0. The van der Waals surface area contributed by atoms with Crippen molar-refractivity contribution in [3.8, 4) is 17.6 Å². The van der Waals surface area contributed by atoms with E-state index in [1.807, 2.05) is 6.07 Å². The number of halogens is 3. The Hall–Kier alpha value is -1.46. The summed E-state index contributed by atoms with van der Waals surface area (Å²) in [5.41, 5.74) is 0.288. The van der Waals surface area contributed by atoms with Crippen molar-refractivity contribution in [2.45, 2.75) is 11.8 Å². The molecule has 0 aliphatic heterocycles. The van der Waals surface area contributed by atoms with Crippen molar-refractivity contribution >= 4 is 49.2 Å². The minimum Gasteiger partial charge on any atom is -0.490 e. The number of hydrogen-bond acceptors (Lipinski definition) is 5. The number of ether oxygens (including phenoxy) is 1. The zero-order valence-corrected chi connectivity index (χ0v) is 16.1. The van der Waals surface area contributed by atoms with Crippen LogP contribution >= 0.6 is 39.1 Å². The average Bonchev–Trinajstić information content (AvgIpc) is 2.53. The quantitative estimate of drug-likeness (QED) is 0.611. The first kappa shape index (κ1) is 18.9. The van der Waals surface area contributed by atoms with E-state index in [2.05, 4.69) is 15.9 Å². The normalized spacial score (nSPS) is 11.0. The lowest BCUT2D eigenvalue weighted by atomic mass is 10.2. The molecule has 0 heterocycles. The SMILES string of the molecule is CCOc1cc(C#N)cc(Br)c1OS(=O)(=O)c1cccc(Cl)c1Cl. The lowest BCUT2D eigenvalue weighted by Gasteiger charge is -2.14. The highest BCUT2D eigenvalue weighted by molar-refractivity contribution is 9.10. The molecule has 0 saturated carbocycles. The minimum atomic E-state index is -4.26. The standard InChI is InChI=1S/C15H10BrCl2NO4S/c1-2-22-12-7-9(8-19)6-10(16)15(12)23-24(20,21)13-5-3-4-11(17)14(13)18/h3-7H,2H2,1H3. The topological polar surface area (TPSA) is 76.4 Å². The van der Waals surface area contributed by atoms with Gasteiger partial charge in [0.15, 0.2) is 11.5 Å². The van der Waals surface area contributed by atoms with Gasteiger partial charge in [-0.3, -0.25) is 0 Å². The van der Waals surface area contributed by atoms with Crippen LogP contribution in [-0.4, -0.2) is 15.0 Å². The highest BCUT2D eigenvalue weighted by Crippen LogP contribution is 2.39. The highest BCUT2D eigenvalue weighted by atomic mass is 79.9. The van der Waals surface area contributed by atoms with Gasteiger partial charge in [-0.15, -0.1) is 0 Å². The fourth-order valence-corrected chi connectivity index (χ4v) is 4.13. The summed E-state index contributed by atoms with van der Waals surface area (Å²) in [4.78, 5) is -0.268. The molecule has 0 amide bonds. The fourth-order valence-electron chi connectivity index (χ4n) is 1.81. The molecule has 9 heteroatoms. The molecule has 0 aliphatic carbocycles. The van der Waals surface area contributed by atoms with Crippen LogP contribution in [0.2, 0.25) is 10.0 Å². The molecule has 0 fully saturated rings. The van der Waals surface area contributed by atoms with Gasteiger partial charge in [0.25, 0.3) is 0 Å². The van der Waals surface area contributed by atoms with Crippen molar-refractivity contribution in [1.29, 1.82) is 5.26 Å². The van der Waals surface area contributed by atoms with Crippen LogP contribution in [0.4, 0.5) is 0 Å². The number of nitrogens with zero attached hydrogens (tertiary/aromatic N) is 1.